The Hall–Kier alpha value is -2.97. The van der Waals surface area contributed by atoms with Crippen molar-refractivity contribution < 1.29 is 14.0 Å². The van der Waals surface area contributed by atoms with Crippen LogP contribution in [0.25, 0.3) is 11.6 Å². The molecule has 32 heavy (non-hydrogen) atoms. The number of likely N-dealkylation sites (N-methyl/N-ethyl adjacent to an activating group) is 1. The summed E-state index contributed by atoms with van der Waals surface area (Å²) in [4.78, 5) is 32.5. The number of hydrogen-bond donors (Lipinski definition) is 3. The van der Waals surface area contributed by atoms with Crippen molar-refractivity contribution in [2.75, 3.05) is 58.7 Å². The third-order valence-corrected chi connectivity index (χ3v) is 6.00. The van der Waals surface area contributed by atoms with E-state index in [9.17, 15) is 14.0 Å². The summed E-state index contributed by atoms with van der Waals surface area (Å²) in [6.07, 6.45) is 2.35. The average Bonchev–Trinajstić information content (AvgIpc) is 3.06. The van der Waals surface area contributed by atoms with E-state index in [0.29, 0.717) is 40.9 Å². The molecule has 2 heterocycles. The van der Waals surface area contributed by atoms with E-state index in [1.807, 2.05) is 13.8 Å². The molecule has 1 aliphatic rings. The number of anilines is 1. The van der Waals surface area contributed by atoms with E-state index in [2.05, 4.69) is 32.5 Å². The van der Waals surface area contributed by atoms with Crippen LogP contribution in [0.1, 0.15) is 32.9 Å². The Balaban J connectivity index is 1.75. The van der Waals surface area contributed by atoms with Gasteiger partial charge in [0, 0.05) is 74.5 Å². The molecule has 0 unspecified atom stereocenters. The van der Waals surface area contributed by atoms with E-state index >= 15 is 0 Å². The van der Waals surface area contributed by atoms with Crippen molar-refractivity contribution in [3.05, 3.63) is 52.1 Å². The van der Waals surface area contributed by atoms with E-state index in [1.165, 1.54) is 12.1 Å². The van der Waals surface area contributed by atoms with Crippen molar-refractivity contribution in [3.63, 3.8) is 0 Å². The Kier molecular flexibility index (Phi) is 7.82. The first-order valence-electron chi connectivity index (χ1n) is 10.9. The van der Waals surface area contributed by atoms with Crippen LogP contribution in [0.15, 0.2) is 18.2 Å². The van der Waals surface area contributed by atoms with Gasteiger partial charge in [0.15, 0.2) is 6.29 Å². The van der Waals surface area contributed by atoms with Crippen molar-refractivity contribution in [1.82, 2.24) is 20.1 Å². The summed E-state index contributed by atoms with van der Waals surface area (Å²) in [5, 5.41) is 5.99. The topological polar surface area (TPSA) is 80.5 Å². The fraction of sp³-hybridized carbons (Fsp3) is 0.417. The van der Waals surface area contributed by atoms with Crippen molar-refractivity contribution in [2.45, 2.75) is 13.8 Å². The fourth-order valence-electron chi connectivity index (χ4n) is 4.05. The van der Waals surface area contributed by atoms with Crippen LogP contribution in [0, 0.1) is 19.7 Å². The van der Waals surface area contributed by atoms with Crippen molar-refractivity contribution in [1.29, 1.82) is 0 Å². The number of allylic oxidation sites excluding steroid dienone is 1. The first kappa shape index (κ1) is 23.7. The molecule has 0 radical (unpaired) electrons. The maximum Gasteiger partial charge on any atom is 0.253 e. The molecular weight excluding hydrogens is 409 g/mol. The lowest BCUT2D eigenvalue weighted by atomic mass is 10.0. The first-order valence-corrected chi connectivity index (χ1v) is 10.9. The summed E-state index contributed by atoms with van der Waals surface area (Å²) in [5.41, 5.74) is 4.14. The zero-order valence-corrected chi connectivity index (χ0v) is 19.2. The number of rotatable bonds is 8. The SMILES string of the molecule is CNc1ccc(F)cc1/C(C=O)=C/c1[nH]c(C)c(C(=O)NCCN2CCN(C)CC2)c1C. The van der Waals surface area contributed by atoms with Crippen molar-refractivity contribution in [2.24, 2.45) is 0 Å². The number of carbonyl (C=O) groups excluding carboxylic acids is 2. The molecule has 0 atom stereocenters. The minimum atomic E-state index is -0.424. The van der Waals surface area contributed by atoms with Gasteiger partial charge < -0.3 is 20.5 Å². The Morgan fingerprint density at radius 3 is 2.59 bits per heavy atom. The second-order valence-electron chi connectivity index (χ2n) is 8.22. The van der Waals surface area contributed by atoms with Crippen LogP contribution >= 0.6 is 0 Å². The number of nitrogens with one attached hydrogen (secondary N) is 3. The van der Waals surface area contributed by atoms with Crippen LogP contribution in [0.5, 0.6) is 0 Å². The molecule has 7 nitrogen and oxygen atoms in total. The molecule has 1 aromatic carbocycles. The van der Waals surface area contributed by atoms with Gasteiger partial charge in [-0.05, 0) is 50.7 Å². The predicted octanol–water partition coefficient (Wildman–Crippen LogP) is 2.53. The monoisotopic (exact) mass is 441 g/mol. The van der Waals surface area contributed by atoms with E-state index in [-0.39, 0.29) is 5.91 Å². The molecule has 0 spiro atoms. The van der Waals surface area contributed by atoms with Crippen molar-refractivity contribution >= 4 is 29.5 Å². The van der Waals surface area contributed by atoms with Crippen LogP contribution in [0.3, 0.4) is 0 Å². The minimum absolute atomic E-state index is 0.139. The second-order valence-corrected chi connectivity index (χ2v) is 8.22. The lowest BCUT2D eigenvalue weighted by Crippen LogP contribution is -2.46. The number of halogens is 1. The van der Waals surface area contributed by atoms with Gasteiger partial charge in [0.2, 0.25) is 0 Å². The summed E-state index contributed by atoms with van der Waals surface area (Å²) < 4.78 is 13.8. The zero-order valence-electron chi connectivity index (χ0n) is 19.2. The van der Waals surface area contributed by atoms with Gasteiger partial charge >= 0.3 is 0 Å². The summed E-state index contributed by atoms with van der Waals surface area (Å²) in [6, 6.07) is 4.25. The highest BCUT2D eigenvalue weighted by Gasteiger charge is 2.19. The van der Waals surface area contributed by atoms with Gasteiger partial charge in [-0.1, -0.05) is 0 Å². The Bertz CT molecular complexity index is 1010. The van der Waals surface area contributed by atoms with E-state index in [4.69, 9.17) is 0 Å². The maximum absolute atomic E-state index is 13.8. The molecule has 1 saturated heterocycles. The maximum atomic E-state index is 13.8. The molecule has 0 aliphatic carbocycles. The van der Waals surface area contributed by atoms with Crippen molar-refractivity contribution in [3.8, 4) is 0 Å². The summed E-state index contributed by atoms with van der Waals surface area (Å²) in [5.74, 6) is -0.564. The predicted molar refractivity (Wildman–Crippen MR) is 126 cm³/mol. The van der Waals surface area contributed by atoms with Gasteiger partial charge in [0.1, 0.15) is 5.82 Å². The first-order chi connectivity index (χ1) is 15.3. The quantitative estimate of drug-likeness (QED) is 0.433. The molecule has 1 fully saturated rings. The number of H-pyrrole nitrogens is 1. The van der Waals surface area contributed by atoms with Gasteiger partial charge in [-0.2, -0.15) is 0 Å². The number of aryl methyl sites for hydroxylation is 1. The van der Waals surface area contributed by atoms with Crippen LogP contribution in [-0.2, 0) is 4.79 Å². The molecule has 1 aliphatic heterocycles. The smallest absolute Gasteiger partial charge is 0.253 e. The van der Waals surface area contributed by atoms with Gasteiger partial charge in [0.25, 0.3) is 5.91 Å². The molecule has 1 aromatic heterocycles. The summed E-state index contributed by atoms with van der Waals surface area (Å²) in [7, 11) is 3.83. The molecule has 3 N–H and O–H groups in total. The molecule has 0 saturated carbocycles. The lowest BCUT2D eigenvalue weighted by molar-refractivity contribution is -0.103. The molecule has 1 amide bonds. The van der Waals surface area contributed by atoms with Crippen LogP contribution < -0.4 is 10.6 Å². The number of amides is 1. The summed E-state index contributed by atoms with van der Waals surface area (Å²) >= 11 is 0. The fourth-order valence-corrected chi connectivity index (χ4v) is 4.05. The molecular formula is C24H32FN5O2. The highest BCUT2D eigenvalue weighted by atomic mass is 19.1. The minimum Gasteiger partial charge on any atom is -0.388 e. The Labute approximate surface area is 188 Å². The highest BCUT2D eigenvalue weighted by molar-refractivity contribution is 6.15. The number of carbonyl (C=O) groups is 2. The molecule has 8 heteroatoms. The van der Waals surface area contributed by atoms with E-state index < -0.39 is 5.82 Å². The normalized spacial score (nSPS) is 15.6. The van der Waals surface area contributed by atoms with Gasteiger partial charge in [-0.15, -0.1) is 0 Å². The number of aromatic amines is 1. The number of hydrogen-bond acceptors (Lipinski definition) is 5. The molecule has 0 bridgehead atoms. The van der Waals surface area contributed by atoms with E-state index in [1.54, 1.807) is 19.2 Å². The van der Waals surface area contributed by atoms with Gasteiger partial charge in [-0.3, -0.25) is 14.5 Å². The van der Waals surface area contributed by atoms with Gasteiger partial charge in [0.05, 0.1) is 5.56 Å². The molecule has 172 valence electrons. The molecule has 3 rings (SSSR count). The number of nitrogens with zero attached hydrogens (tertiary/aromatic N) is 2. The second kappa shape index (κ2) is 10.6. The van der Waals surface area contributed by atoms with E-state index in [0.717, 1.165) is 44.0 Å². The summed E-state index contributed by atoms with van der Waals surface area (Å²) in [6.45, 7) is 9.17. The average molecular weight is 442 g/mol. The third kappa shape index (κ3) is 5.44. The largest absolute Gasteiger partial charge is 0.388 e. The van der Waals surface area contributed by atoms with Crippen LogP contribution in [0.2, 0.25) is 0 Å². The Morgan fingerprint density at radius 1 is 1.22 bits per heavy atom. The van der Waals surface area contributed by atoms with Crippen LogP contribution in [-0.4, -0.2) is 80.3 Å². The van der Waals surface area contributed by atoms with Gasteiger partial charge in [-0.25, -0.2) is 4.39 Å². The standard InChI is InChI=1S/C24H32FN5O2/c1-16-22(13-18(15-31)20-14-19(25)5-6-21(20)26-3)28-17(2)23(16)24(32)27-7-8-30-11-9-29(4)10-12-30/h5-6,13-15,26,28H,7-12H2,1-4H3,(H,27,32)/b18-13+. The lowest BCUT2D eigenvalue weighted by Gasteiger charge is -2.32. The molecule has 2 aromatic rings. The highest BCUT2D eigenvalue weighted by Crippen LogP contribution is 2.27. The van der Waals surface area contributed by atoms with Crippen LogP contribution in [0.4, 0.5) is 10.1 Å². The number of aromatic nitrogens is 1. The number of piperazine rings is 1. The number of benzene rings is 1. The zero-order chi connectivity index (χ0) is 23.3. The Morgan fingerprint density at radius 2 is 1.94 bits per heavy atom. The number of aldehydes is 1. The third-order valence-electron chi connectivity index (χ3n) is 6.00.